The van der Waals surface area contributed by atoms with E-state index in [0.717, 1.165) is 29.1 Å². The molecule has 0 amide bonds. The normalized spacial score (nSPS) is 10.6. The molecular weight excluding hydrogens is 288 g/mol. The summed E-state index contributed by atoms with van der Waals surface area (Å²) >= 11 is 3.17. The summed E-state index contributed by atoms with van der Waals surface area (Å²) in [6.45, 7) is 0.870. The second-order valence-electron chi connectivity index (χ2n) is 4.27. The summed E-state index contributed by atoms with van der Waals surface area (Å²) < 4.78 is 4.24. The third-order valence-corrected chi connectivity index (χ3v) is 4.66. The Kier molecular flexibility index (Phi) is 3.94. The molecule has 0 aromatic carbocycles. The van der Waals surface area contributed by atoms with E-state index in [2.05, 4.69) is 32.2 Å². The molecule has 0 aliphatic rings. The Morgan fingerprint density at radius 3 is 2.95 bits per heavy atom. The van der Waals surface area contributed by atoms with Crippen molar-refractivity contribution in [2.24, 2.45) is 0 Å². The number of rotatable bonds is 5. The van der Waals surface area contributed by atoms with Gasteiger partial charge in [0, 0.05) is 29.4 Å². The standard InChI is InChI=1S/C14H14N4S2/c15-13-12(10-3-1-6-16-9-10)14(20-18-13)17-7-5-11-4-2-8-19-11/h1-4,6,8-9,17H,5,7H2,(H2,15,18). The lowest BCUT2D eigenvalue weighted by Gasteiger charge is -2.06. The number of hydrogen-bond donors (Lipinski definition) is 2. The Morgan fingerprint density at radius 2 is 2.20 bits per heavy atom. The van der Waals surface area contributed by atoms with Gasteiger partial charge in [0.05, 0.1) is 5.56 Å². The molecule has 3 rings (SSSR count). The first-order valence-corrected chi connectivity index (χ1v) is 7.91. The van der Waals surface area contributed by atoms with Crippen molar-refractivity contribution in [3.05, 3.63) is 46.9 Å². The third kappa shape index (κ3) is 2.81. The van der Waals surface area contributed by atoms with Crippen molar-refractivity contribution in [3.63, 3.8) is 0 Å². The highest BCUT2D eigenvalue weighted by atomic mass is 32.1. The predicted octanol–water partition coefficient (Wildman–Crippen LogP) is 3.50. The molecule has 3 heterocycles. The highest BCUT2D eigenvalue weighted by Crippen LogP contribution is 2.36. The van der Waals surface area contributed by atoms with Gasteiger partial charge in [-0.25, -0.2) is 0 Å². The zero-order chi connectivity index (χ0) is 13.8. The van der Waals surface area contributed by atoms with E-state index in [-0.39, 0.29) is 0 Å². The number of nitrogens with zero attached hydrogens (tertiary/aromatic N) is 2. The van der Waals surface area contributed by atoms with Gasteiger partial charge in [0.1, 0.15) is 10.8 Å². The number of thiophene rings is 1. The topological polar surface area (TPSA) is 63.8 Å². The molecule has 0 unspecified atom stereocenters. The molecule has 0 atom stereocenters. The first-order valence-electron chi connectivity index (χ1n) is 6.26. The fourth-order valence-corrected chi connectivity index (χ4v) is 3.44. The molecule has 0 aliphatic heterocycles. The molecule has 0 saturated heterocycles. The van der Waals surface area contributed by atoms with Crippen LogP contribution in [0.25, 0.3) is 11.1 Å². The molecule has 4 nitrogen and oxygen atoms in total. The molecule has 20 heavy (non-hydrogen) atoms. The first kappa shape index (κ1) is 13.1. The van der Waals surface area contributed by atoms with Crippen molar-refractivity contribution in [2.75, 3.05) is 17.6 Å². The minimum absolute atomic E-state index is 0.557. The van der Waals surface area contributed by atoms with E-state index in [4.69, 9.17) is 5.73 Å². The van der Waals surface area contributed by atoms with Gasteiger partial charge in [0.25, 0.3) is 0 Å². The Balaban J connectivity index is 1.74. The summed E-state index contributed by atoms with van der Waals surface area (Å²) in [5, 5.41) is 6.53. The summed E-state index contributed by atoms with van der Waals surface area (Å²) in [6.07, 6.45) is 4.57. The third-order valence-electron chi connectivity index (χ3n) is 2.91. The number of pyridine rings is 1. The molecule has 0 saturated carbocycles. The van der Waals surface area contributed by atoms with Crippen LogP contribution in [0.5, 0.6) is 0 Å². The Hall–Kier alpha value is -1.92. The number of nitrogens with one attached hydrogen (secondary N) is 1. The van der Waals surface area contributed by atoms with Gasteiger partial charge >= 0.3 is 0 Å². The molecule has 0 spiro atoms. The Bertz CT molecular complexity index is 662. The van der Waals surface area contributed by atoms with E-state index in [1.165, 1.54) is 16.4 Å². The van der Waals surface area contributed by atoms with Crippen LogP contribution in [0.2, 0.25) is 0 Å². The van der Waals surface area contributed by atoms with Crippen LogP contribution in [-0.2, 0) is 6.42 Å². The fourth-order valence-electron chi connectivity index (χ4n) is 1.97. The minimum Gasteiger partial charge on any atom is -0.382 e. The SMILES string of the molecule is Nc1nsc(NCCc2cccs2)c1-c1cccnc1. The van der Waals surface area contributed by atoms with Gasteiger partial charge in [-0.15, -0.1) is 11.3 Å². The maximum atomic E-state index is 5.97. The van der Waals surface area contributed by atoms with Gasteiger partial charge in [-0.3, -0.25) is 4.98 Å². The average Bonchev–Trinajstić information content (AvgIpc) is 3.10. The molecule has 102 valence electrons. The Labute approximate surface area is 125 Å². The molecule has 0 bridgehead atoms. The summed E-state index contributed by atoms with van der Waals surface area (Å²) in [5.74, 6) is 0.557. The average molecular weight is 302 g/mol. The minimum atomic E-state index is 0.557. The zero-order valence-corrected chi connectivity index (χ0v) is 12.4. The predicted molar refractivity (Wildman–Crippen MR) is 86.3 cm³/mol. The van der Waals surface area contributed by atoms with Gasteiger partial charge in [0.15, 0.2) is 0 Å². The van der Waals surface area contributed by atoms with Crippen LogP contribution >= 0.6 is 22.9 Å². The molecule has 3 aromatic rings. The fraction of sp³-hybridized carbons (Fsp3) is 0.143. The van der Waals surface area contributed by atoms with E-state index in [1.807, 2.05) is 18.3 Å². The molecule has 6 heteroatoms. The van der Waals surface area contributed by atoms with Crippen molar-refractivity contribution in [1.29, 1.82) is 0 Å². The van der Waals surface area contributed by atoms with Gasteiger partial charge in [0.2, 0.25) is 0 Å². The quantitative estimate of drug-likeness (QED) is 0.757. The molecule has 3 N–H and O–H groups in total. The lowest BCUT2D eigenvalue weighted by Crippen LogP contribution is -2.03. The van der Waals surface area contributed by atoms with Crippen molar-refractivity contribution in [2.45, 2.75) is 6.42 Å². The van der Waals surface area contributed by atoms with Crippen LogP contribution in [-0.4, -0.2) is 15.9 Å². The number of aromatic nitrogens is 2. The van der Waals surface area contributed by atoms with E-state index in [0.29, 0.717) is 5.82 Å². The van der Waals surface area contributed by atoms with Crippen LogP contribution in [0.3, 0.4) is 0 Å². The summed E-state index contributed by atoms with van der Waals surface area (Å²) in [5.41, 5.74) is 7.92. The van der Waals surface area contributed by atoms with E-state index < -0.39 is 0 Å². The zero-order valence-electron chi connectivity index (χ0n) is 10.7. The van der Waals surface area contributed by atoms with Crippen LogP contribution in [0.15, 0.2) is 42.0 Å². The van der Waals surface area contributed by atoms with Crippen LogP contribution in [0, 0.1) is 0 Å². The van der Waals surface area contributed by atoms with Gasteiger partial charge < -0.3 is 11.1 Å². The van der Waals surface area contributed by atoms with E-state index >= 15 is 0 Å². The lowest BCUT2D eigenvalue weighted by molar-refractivity contribution is 1.05. The van der Waals surface area contributed by atoms with Crippen molar-refractivity contribution >= 4 is 33.7 Å². The Morgan fingerprint density at radius 1 is 1.25 bits per heavy atom. The van der Waals surface area contributed by atoms with Gasteiger partial charge in [-0.1, -0.05) is 12.1 Å². The van der Waals surface area contributed by atoms with Gasteiger partial charge in [-0.2, -0.15) is 4.37 Å². The second kappa shape index (κ2) is 6.02. The number of nitrogen functional groups attached to an aromatic ring is 1. The highest BCUT2D eigenvalue weighted by Gasteiger charge is 2.13. The van der Waals surface area contributed by atoms with Gasteiger partial charge in [-0.05, 0) is 35.5 Å². The van der Waals surface area contributed by atoms with E-state index in [9.17, 15) is 0 Å². The largest absolute Gasteiger partial charge is 0.382 e. The van der Waals surface area contributed by atoms with E-state index in [1.54, 1.807) is 17.5 Å². The first-order chi connectivity index (χ1) is 9.84. The van der Waals surface area contributed by atoms with Crippen molar-refractivity contribution in [1.82, 2.24) is 9.36 Å². The van der Waals surface area contributed by atoms with Crippen molar-refractivity contribution in [3.8, 4) is 11.1 Å². The number of hydrogen-bond acceptors (Lipinski definition) is 6. The lowest BCUT2D eigenvalue weighted by atomic mass is 10.1. The molecule has 0 aliphatic carbocycles. The van der Waals surface area contributed by atoms with Crippen molar-refractivity contribution < 1.29 is 0 Å². The maximum absolute atomic E-state index is 5.97. The number of anilines is 2. The molecule has 0 radical (unpaired) electrons. The smallest absolute Gasteiger partial charge is 0.147 e. The highest BCUT2D eigenvalue weighted by molar-refractivity contribution is 7.11. The number of nitrogens with two attached hydrogens (primary N) is 1. The molecular formula is C14H14N4S2. The summed E-state index contributed by atoms with van der Waals surface area (Å²) in [7, 11) is 0. The monoisotopic (exact) mass is 302 g/mol. The maximum Gasteiger partial charge on any atom is 0.147 e. The second-order valence-corrected chi connectivity index (χ2v) is 6.08. The van der Waals surface area contributed by atoms with Crippen LogP contribution in [0.4, 0.5) is 10.8 Å². The summed E-state index contributed by atoms with van der Waals surface area (Å²) in [6, 6.07) is 8.13. The molecule has 0 fully saturated rings. The molecule has 3 aromatic heterocycles. The summed E-state index contributed by atoms with van der Waals surface area (Å²) in [4.78, 5) is 5.51. The van der Waals surface area contributed by atoms with Crippen LogP contribution < -0.4 is 11.1 Å². The van der Waals surface area contributed by atoms with Crippen LogP contribution in [0.1, 0.15) is 4.88 Å².